The number of benzene rings is 2. The lowest BCUT2D eigenvalue weighted by molar-refractivity contribution is 0.0946. The SMILES string of the molecule is NC(Cc1ccc(Cl)cc1)c1ccc2c(c1)C(=O)NCC2. The molecule has 0 aliphatic carbocycles. The summed E-state index contributed by atoms with van der Waals surface area (Å²) in [5.41, 5.74) is 10.3. The minimum atomic E-state index is -0.133. The topological polar surface area (TPSA) is 55.1 Å². The Morgan fingerprint density at radius 2 is 1.95 bits per heavy atom. The standard InChI is InChI=1S/C17H17ClN2O/c18-14-5-1-11(2-6-14)9-16(19)13-4-3-12-7-8-20-17(21)15(12)10-13/h1-6,10,16H,7-9,19H2,(H,20,21). The summed E-state index contributed by atoms with van der Waals surface area (Å²) in [6.07, 6.45) is 1.60. The van der Waals surface area contributed by atoms with Crippen LogP contribution in [-0.2, 0) is 12.8 Å². The minimum Gasteiger partial charge on any atom is -0.352 e. The highest BCUT2D eigenvalue weighted by atomic mass is 35.5. The van der Waals surface area contributed by atoms with Crippen LogP contribution in [0.3, 0.4) is 0 Å². The van der Waals surface area contributed by atoms with Crippen LogP contribution in [0.25, 0.3) is 0 Å². The highest BCUT2D eigenvalue weighted by Crippen LogP contribution is 2.22. The Morgan fingerprint density at radius 1 is 1.19 bits per heavy atom. The van der Waals surface area contributed by atoms with E-state index < -0.39 is 0 Å². The molecule has 3 N–H and O–H groups in total. The molecule has 21 heavy (non-hydrogen) atoms. The first-order valence-electron chi connectivity index (χ1n) is 7.04. The summed E-state index contributed by atoms with van der Waals surface area (Å²) in [6.45, 7) is 0.710. The predicted octanol–water partition coefficient (Wildman–Crippen LogP) is 2.87. The second kappa shape index (κ2) is 5.88. The summed E-state index contributed by atoms with van der Waals surface area (Å²) in [7, 11) is 0. The van der Waals surface area contributed by atoms with Crippen molar-refractivity contribution in [3.63, 3.8) is 0 Å². The van der Waals surface area contributed by atoms with E-state index in [9.17, 15) is 4.79 Å². The molecule has 0 radical (unpaired) electrons. The van der Waals surface area contributed by atoms with Crippen molar-refractivity contribution in [1.29, 1.82) is 0 Å². The van der Waals surface area contributed by atoms with E-state index in [1.54, 1.807) is 0 Å². The van der Waals surface area contributed by atoms with E-state index in [1.165, 1.54) is 0 Å². The third kappa shape index (κ3) is 3.09. The van der Waals surface area contributed by atoms with E-state index >= 15 is 0 Å². The monoisotopic (exact) mass is 300 g/mol. The van der Waals surface area contributed by atoms with Gasteiger partial charge in [-0.05, 0) is 47.7 Å². The van der Waals surface area contributed by atoms with Crippen molar-refractivity contribution in [3.8, 4) is 0 Å². The van der Waals surface area contributed by atoms with Crippen LogP contribution >= 0.6 is 11.6 Å². The van der Waals surface area contributed by atoms with Crippen LogP contribution in [0.2, 0.25) is 5.02 Å². The van der Waals surface area contributed by atoms with Gasteiger partial charge in [0.15, 0.2) is 0 Å². The van der Waals surface area contributed by atoms with Gasteiger partial charge in [-0.3, -0.25) is 4.79 Å². The molecule has 1 heterocycles. The van der Waals surface area contributed by atoms with Gasteiger partial charge in [0.05, 0.1) is 0 Å². The number of rotatable bonds is 3. The average Bonchev–Trinajstić information content (AvgIpc) is 2.50. The Morgan fingerprint density at radius 3 is 2.71 bits per heavy atom. The summed E-state index contributed by atoms with van der Waals surface area (Å²) in [4.78, 5) is 11.9. The number of carbonyl (C=O) groups excluding carboxylic acids is 1. The molecular formula is C17H17ClN2O. The molecule has 4 heteroatoms. The molecule has 1 amide bonds. The normalized spacial score (nSPS) is 15.2. The Hall–Kier alpha value is -1.84. The fourth-order valence-electron chi connectivity index (χ4n) is 2.65. The van der Waals surface area contributed by atoms with E-state index in [2.05, 4.69) is 5.32 Å². The largest absolute Gasteiger partial charge is 0.352 e. The smallest absolute Gasteiger partial charge is 0.251 e. The Labute approximate surface area is 129 Å². The fraction of sp³-hybridized carbons (Fsp3) is 0.235. The number of nitrogens with one attached hydrogen (secondary N) is 1. The molecule has 1 aliphatic rings. The number of hydrogen-bond donors (Lipinski definition) is 2. The molecule has 3 rings (SSSR count). The molecule has 1 atom stereocenters. The van der Waals surface area contributed by atoms with Crippen molar-refractivity contribution in [2.75, 3.05) is 6.54 Å². The first-order chi connectivity index (χ1) is 10.1. The lowest BCUT2D eigenvalue weighted by Gasteiger charge is -2.19. The third-order valence-corrected chi connectivity index (χ3v) is 4.11. The van der Waals surface area contributed by atoms with Crippen molar-refractivity contribution in [2.24, 2.45) is 5.73 Å². The van der Waals surface area contributed by atoms with E-state index in [-0.39, 0.29) is 11.9 Å². The molecule has 0 saturated carbocycles. The Bertz CT molecular complexity index is 667. The van der Waals surface area contributed by atoms with Crippen molar-refractivity contribution >= 4 is 17.5 Å². The van der Waals surface area contributed by atoms with Crippen molar-refractivity contribution in [1.82, 2.24) is 5.32 Å². The third-order valence-electron chi connectivity index (χ3n) is 3.86. The predicted molar refractivity (Wildman–Crippen MR) is 84.6 cm³/mol. The van der Waals surface area contributed by atoms with Crippen LogP contribution in [0.5, 0.6) is 0 Å². The van der Waals surface area contributed by atoms with Crippen molar-refractivity contribution in [2.45, 2.75) is 18.9 Å². The molecule has 0 bridgehead atoms. The lowest BCUT2D eigenvalue weighted by Crippen LogP contribution is -2.32. The molecule has 2 aromatic rings. The minimum absolute atomic E-state index is 0.00297. The molecular weight excluding hydrogens is 284 g/mol. The molecule has 1 unspecified atom stereocenters. The maximum Gasteiger partial charge on any atom is 0.251 e. The van der Waals surface area contributed by atoms with E-state index in [1.807, 2.05) is 42.5 Å². The zero-order valence-corrected chi connectivity index (χ0v) is 12.4. The van der Waals surface area contributed by atoms with Gasteiger partial charge < -0.3 is 11.1 Å². The summed E-state index contributed by atoms with van der Waals surface area (Å²) >= 11 is 5.88. The zero-order chi connectivity index (χ0) is 14.8. The van der Waals surface area contributed by atoms with Crippen molar-refractivity contribution < 1.29 is 4.79 Å². The maximum atomic E-state index is 11.9. The van der Waals surface area contributed by atoms with Gasteiger partial charge in [0.1, 0.15) is 0 Å². The number of hydrogen-bond acceptors (Lipinski definition) is 2. The second-order valence-corrected chi connectivity index (χ2v) is 5.80. The van der Waals surface area contributed by atoms with E-state index in [0.717, 1.165) is 40.1 Å². The summed E-state index contributed by atoms with van der Waals surface area (Å²) in [6, 6.07) is 13.5. The lowest BCUT2D eigenvalue weighted by atomic mass is 9.93. The maximum absolute atomic E-state index is 11.9. The quantitative estimate of drug-likeness (QED) is 0.916. The summed E-state index contributed by atoms with van der Waals surface area (Å²) < 4.78 is 0. The van der Waals surface area contributed by atoms with Gasteiger partial charge in [0.2, 0.25) is 0 Å². The Kier molecular flexibility index (Phi) is 3.95. The van der Waals surface area contributed by atoms with Crippen LogP contribution in [0.1, 0.15) is 33.1 Å². The number of fused-ring (bicyclic) bond motifs is 1. The average molecular weight is 301 g/mol. The highest BCUT2D eigenvalue weighted by Gasteiger charge is 2.18. The zero-order valence-electron chi connectivity index (χ0n) is 11.6. The first kappa shape index (κ1) is 14.1. The molecule has 3 nitrogen and oxygen atoms in total. The Balaban J connectivity index is 1.81. The molecule has 1 aliphatic heterocycles. The van der Waals surface area contributed by atoms with Gasteiger partial charge in [0.25, 0.3) is 5.91 Å². The first-order valence-corrected chi connectivity index (χ1v) is 7.42. The van der Waals surface area contributed by atoms with E-state index in [4.69, 9.17) is 17.3 Å². The number of nitrogens with two attached hydrogens (primary N) is 1. The molecule has 0 fully saturated rings. The van der Waals surface area contributed by atoms with Crippen molar-refractivity contribution in [3.05, 3.63) is 69.7 Å². The van der Waals surface area contributed by atoms with Gasteiger partial charge >= 0.3 is 0 Å². The van der Waals surface area contributed by atoms with Gasteiger partial charge in [0, 0.05) is 23.2 Å². The van der Waals surface area contributed by atoms with Crippen LogP contribution in [0, 0.1) is 0 Å². The summed E-state index contributed by atoms with van der Waals surface area (Å²) in [5, 5.41) is 3.59. The fourth-order valence-corrected chi connectivity index (χ4v) is 2.78. The van der Waals surface area contributed by atoms with Crippen LogP contribution in [0.4, 0.5) is 0 Å². The van der Waals surface area contributed by atoms with Gasteiger partial charge in [-0.15, -0.1) is 0 Å². The highest BCUT2D eigenvalue weighted by molar-refractivity contribution is 6.30. The van der Waals surface area contributed by atoms with Gasteiger partial charge in [-0.2, -0.15) is 0 Å². The summed E-state index contributed by atoms with van der Waals surface area (Å²) in [5.74, 6) is -0.00297. The van der Waals surface area contributed by atoms with Crippen LogP contribution in [-0.4, -0.2) is 12.5 Å². The molecule has 0 aromatic heterocycles. The molecule has 2 aromatic carbocycles. The van der Waals surface area contributed by atoms with Gasteiger partial charge in [-0.25, -0.2) is 0 Å². The number of carbonyl (C=O) groups is 1. The van der Waals surface area contributed by atoms with Crippen LogP contribution in [0.15, 0.2) is 42.5 Å². The van der Waals surface area contributed by atoms with Crippen LogP contribution < -0.4 is 11.1 Å². The van der Waals surface area contributed by atoms with Gasteiger partial charge in [-0.1, -0.05) is 35.9 Å². The number of amides is 1. The molecule has 108 valence electrons. The molecule has 0 saturated heterocycles. The molecule has 0 spiro atoms. The second-order valence-electron chi connectivity index (χ2n) is 5.36. The number of halogens is 1. The van der Waals surface area contributed by atoms with E-state index in [0.29, 0.717) is 6.54 Å².